The van der Waals surface area contributed by atoms with Crippen molar-refractivity contribution in [1.29, 1.82) is 0 Å². The van der Waals surface area contributed by atoms with Gasteiger partial charge in [-0.15, -0.1) is 0 Å². The lowest BCUT2D eigenvalue weighted by Gasteiger charge is -2.28. The molecule has 0 spiro atoms. The van der Waals surface area contributed by atoms with Crippen LogP contribution in [0.3, 0.4) is 0 Å². The zero-order chi connectivity index (χ0) is 19.7. The van der Waals surface area contributed by atoms with E-state index in [4.69, 9.17) is 5.73 Å². The second-order valence-electron chi connectivity index (χ2n) is 7.74. The third kappa shape index (κ3) is 14.7. The Hall–Kier alpha value is -0.140. The number of carbonyl (C=O) groups is 1. The molecule has 0 aliphatic heterocycles. The zero-order valence-corrected chi connectivity index (χ0v) is 18.9. The molecule has 1 atom stereocenters. The van der Waals surface area contributed by atoms with E-state index in [2.05, 4.69) is 27.7 Å². The summed E-state index contributed by atoms with van der Waals surface area (Å²) in [4.78, 5) is 9.90. The summed E-state index contributed by atoms with van der Waals surface area (Å²) >= 11 is 0. The molecule has 3 nitrogen and oxygen atoms in total. The van der Waals surface area contributed by atoms with Gasteiger partial charge >= 0.3 is 0 Å². The van der Waals surface area contributed by atoms with E-state index in [1.54, 1.807) is 38.5 Å². The third-order valence-electron chi connectivity index (χ3n) is 4.93. The fourth-order valence-electron chi connectivity index (χ4n) is 2.92. The van der Waals surface area contributed by atoms with Crippen LogP contribution in [0, 0.1) is 5.92 Å². The van der Waals surface area contributed by atoms with Gasteiger partial charge in [0.25, 0.3) is 0 Å². The van der Waals surface area contributed by atoms with Gasteiger partial charge < -0.3 is 15.6 Å². The Morgan fingerprint density at radius 3 is 1.20 bits per heavy atom. The molecule has 0 aromatic heterocycles. The predicted molar refractivity (Wildman–Crippen MR) is 114 cm³/mol. The van der Waals surface area contributed by atoms with Crippen LogP contribution in [0.5, 0.6) is 0 Å². The summed E-state index contributed by atoms with van der Waals surface area (Å²) in [6.45, 7) is 12.9. The smallest absolute Gasteiger partial charge is 0.0594 e. The quantitative estimate of drug-likeness (QED) is 0.438. The van der Waals surface area contributed by atoms with Crippen LogP contribution in [-0.4, -0.2) is 36.7 Å². The van der Waals surface area contributed by atoms with Gasteiger partial charge in [0.1, 0.15) is 0 Å². The first kappa shape index (κ1) is 27.1. The van der Waals surface area contributed by atoms with E-state index >= 15 is 0 Å². The van der Waals surface area contributed by atoms with Crippen LogP contribution in [0.25, 0.3) is 0 Å². The van der Waals surface area contributed by atoms with Gasteiger partial charge in [-0.25, -0.2) is 0 Å². The number of hydrogen-bond donors (Lipinski definition) is 1. The Morgan fingerprint density at radius 1 is 0.800 bits per heavy atom. The van der Waals surface area contributed by atoms with Gasteiger partial charge in [0, 0.05) is 13.3 Å². The lowest BCUT2D eigenvalue weighted by Crippen LogP contribution is -2.45. The molecule has 0 fully saturated rings. The van der Waals surface area contributed by atoms with E-state index < -0.39 is 19.3 Å². The number of carboxylic acids is 1. The number of hydrogen-bond acceptors (Lipinski definition) is 3. The molecule has 0 bridgehead atoms. The molecule has 0 aliphatic rings. The topological polar surface area (TPSA) is 66.2 Å². The summed E-state index contributed by atoms with van der Waals surface area (Å²) in [5, 5.41) is 9.90. The van der Waals surface area contributed by atoms with Crippen molar-refractivity contribution in [2.45, 2.75) is 99.0 Å². The maximum absolute atomic E-state index is 9.90. The second-order valence-corrected chi connectivity index (χ2v) is 12.2. The molecule has 0 saturated carbocycles. The number of unbranched alkanes of at least 4 members (excludes halogenated alkanes) is 4. The van der Waals surface area contributed by atoms with Gasteiger partial charge in [0.2, 0.25) is 0 Å². The Kier molecular flexibility index (Phi) is 18.7. The minimum atomic E-state index is -1.18. The highest BCUT2D eigenvalue weighted by molar-refractivity contribution is 7.75. The largest absolute Gasteiger partial charge is 0.548 e. The molecule has 25 heavy (non-hydrogen) atoms. The molecule has 0 amide bonds. The molecule has 0 heterocycles. The molecule has 0 aromatic rings. The Labute approximate surface area is 158 Å². The first-order valence-electron chi connectivity index (χ1n) is 10.6. The maximum Gasteiger partial charge on any atom is 0.0594 e. The summed E-state index contributed by atoms with van der Waals surface area (Å²) in [5.74, 6) is -1.22. The number of rotatable bonds is 14. The van der Waals surface area contributed by atoms with Gasteiger partial charge in [0.15, 0.2) is 0 Å². The van der Waals surface area contributed by atoms with E-state index in [9.17, 15) is 9.90 Å². The second kappa shape index (κ2) is 17.3. The molecule has 4 heteroatoms. The minimum Gasteiger partial charge on any atom is -0.548 e. The lowest BCUT2D eigenvalue weighted by atomic mass is 10.1. The Bertz CT molecular complexity index is 271. The highest BCUT2D eigenvalue weighted by Gasteiger charge is 2.34. The number of aliphatic carboxylic acids is 1. The van der Waals surface area contributed by atoms with Crippen LogP contribution >= 0.6 is 7.26 Å². The normalized spacial score (nSPS) is 12.6. The Balaban J connectivity index is 0. The SMILES string of the molecule is CC(C)C(N)C(=O)[O-].CCCC[P+](CCCC)(CCCC)CCCC. The van der Waals surface area contributed by atoms with Crippen LogP contribution < -0.4 is 10.8 Å². The first-order chi connectivity index (χ1) is 11.8. The molecule has 0 aliphatic carbocycles. The van der Waals surface area contributed by atoms with Crippen molar-refractivity contribution in [3.8, 4) is 0 Å². The zero-order valence-electron chi connectivity index (χ0n) is 18.0. The van der Waals surface area contributed by atoms with Crippen molar-refractivity contribution in [3.63, 3.8) is 0 Å². The van der Waals surface area contributed by atoms with E-state index in [1.165, 1.54) is 51.4 Å². The van der Waals surface area contributed by atoms with Gasteiger partial charge in [-0.2, -0.15) is 0 Å². The van der Waals surface area contributed by atoms with E-state index in [-0.39, 0.29) is 5.92 Å². The van der Waals surface area contributed by atoms with Crippen molar-refractivity contribution in [1.82, 2.24) is 0 Å². The summed E-state index contributed by atoms with van der Waals surface area (Å²) < 4.78 is 0. The Morgan fingerprint density at radius 2 is 1.08 bits per heavy atom. The minimum absolute atomic E-state index is 0.0417. The van der Waals surface area contributed by atoms with Gasteiger partial charge in [-0.3, -0.25) is 0 Å². The molecule has 2 N–H and O–H groups in total. The summed E-state index contributed by atoms with van der Waals surface area (Å²) in [5.41, 5.74) is 5.10. The van der Waals surface area contributed by atoms with Crippen molar-refractivity contribution >= 4 is 13.2 Å². The summed E-state index contributed by atoms with van der Waals surface area (Å²) in [7, 11) is -0.562. The molecule has 0 saturated heterocycles. The molecule has 0 radical (unpaired) electrons. The molecule has 0 aromatic carbocycles. The van der Waals surface area contributed by atoms with Crippen LogP contribution in [0.15, 0.2) is 0 Å². The van der Waals surface area contributed by atoms with Gasteiger partial charge in [-0.1, -0.05) is 67.2 Å². The average Bonchev–Trinajstić information content (AvgIpc) is 2.60. The monoisotopic (exact) mass is 375 g/mol. The predicted octanol–water partition coefficient (Wildman–Crippen LogP) is 4.92. The lowest BCUT2D eigenvalue weighted by molar-refractivity contribution is -0.308. The molecular formula is C21H46NO2P. The molecular weight excluding hydrogens is 329 g/mol. The molecule has 1 unspecified atom stereocenters. The standard InChI is InChI=1S/C16H36P.C5H11NO2/c1-5-9-13-17(14-10-6-2,15-11-7-3)16-12-8-4;1-3(2)4(6)5(7)8/h5-16H2,1-4H3;3-4H,6H2,1-2H3,(H,7,8)/q+1;/p-1. The highest BCUT2D eigenvalue weighted by Crippen LogP contribution is 2.61. The fourth-order valence-corrected chi connectivity index (χ4v) is 8.21. The maximum atomic E-state index is 9.90. The summed E-state index contributed by atoms with van der Waals surface area (Å²) in [6, 6.07) is -0.824. The third-order valence-corrected chi connectivity index (χ3v) is 9.99. The number of carbonyl (C=O) groups excluding carboxylic acids is 1. The number of nitrogens with two attached hydrogens (primary N) is 1. The van der Waals surface area contributed by atoms with E-state index in [1.807, 2.05) is 0 Å². The van der Waals surface area contributed by atoms with E-state index in [0.717, 1.165) is 0 Å². The average molecular weight is 376 g/mol. The van der Waals surface area contributed by atoms with Crippen molar-refractivity contribution in [2.24, 2.45) is 11.7 Å². The van der Waals surface area contributed by atoms with Gasteiger partial charge in [0.05, 0.1) is 30.6 Å². The molecule has 0 rings (SSSR count). The van der Waals surface area contributed by atoms with E-state index in [0.29, 0.717) is 0 Å². The van der Waals surface area contributed by atoms with Crippen LogP contribution in [0.2, 0.25) is 0 Å². The molecule has 152 valence electrons. The number of carboxylic acid groups (broad SMARTS) is 1. The highest BCUT2D eigenvalue weighted by atomic mass is 31.2. The van der Waals surface area contributed by atoms with Crippen LogP contribution in [0.1, 0.15) is 92.9 Å². The van der Waals surface area contributed by atoms with Crippen LogP contribution in [-0.2, 0) is 4.79 Å². The van der Waals surface area contributed by atoms with Gasteiger partial charge in [-0.05, 0) is 31.6 Å². The van der Waals surface area contributed by atoms with Crippen molar-refractivity contribution in [3.05, 3.63) is 0 Å². The fraction of sp³-hybridized carbons (Fsp3) is 0.952. The van der Waals surface area contributed by atoms with Crippen LogP contribution in [0.4, 0.5) is 0 Å². The summed E-state index contributed by atoms with van der Waals surface area (Å²) in [6.07, 6.45) is 17.9. The van der Waals surface area contributed by atoms with Crippen molar-refractivity contribution < 1.29 is 9.90 Å². The van der Waals surface area contributed by atoms with Crippen molar-refractivity contribution in [2.75, 3.05) is 24.6 Å². The first-order valence-corrected chi connectivity index (χ1v) is 13.1.